The summed E-state index contributed by atoms with van der Waals surface area (Å²) in [6.07, 6.45) is 3.61. The second-order valence-electron chi connectivity index (χ2n) is 21.2. The normalized spacial score (nSPS) is 14.3. The van der Waals surface area contributed by atoms with Crippen molar-refractivity contribution in [1.82, 2.24) is 57.8 Å². The molecule has 26 heteroatoms. The zero-order valence-electron chi connectivity index (χ0n) is 46.6. The van der Waals surface area contributed by atoms with Crippen LogP contribution in [0.2, 0.25) is 0 Å². The summed E-state index contributed by atoms with van der Waals surface area (Å²) < 4.78 is 0. The Kier molecular flexibility index (Phi) is 30.1. The highest BCUT2D eigenvalue weighted by molar-refractivity contribution is 5.98. The van der Waals surface area contributed by atoms with Crippen LogP contribution in [-0.2, 0) is 65.6 Å². The smallest absolute Gasteiger partial charge is 0.326 e. The quantitative estimate of drug-likeness (QED) is 0.0362. The molecule has 0 aliphatic rings. The number of amides is 9. The number of aliphatic carboxylic acids is 2. The summed E-state index contributed by atoms with van der Waals surface area (Å²) in [5, 5.41) is 41.9. The van der Waals surface area contributed by atoms with Crippen molar-refractivity contribution < 1.29 is 63.0 Å². The van der Waals surface area contributed by atoms with E-state index >= 15 is 0 Å². The highest BCUT2D eigenvalue weighted by atomic mass is 16.4. The minimum absolute atomic E-state index is 0.0309. The third kappa shape index (κ3) is 26.6. The van der Waals surface area contributed by atoms with E-state index in [9.17, 15) is 63.0 Å². The molecule has 16 N–H and O–H groups in total. The molecule has 26 nitrogen and oxygen atoms in total. The second-order valence-corrected chi connectivity index (χ2v) is 21.2. The Hall–Kier alpha value is -7.48. The van der Waals surface area contributed by atoms with Gasteiger partial charge in [0.15, 0.2) is 0 Å². The summed E-state index contributed by atoms with van der Waals surface area (Å²) in [6.45, 7) is 13.2. The van der Waals surface area contributed by atoms with Gasteiger partial charge in [-0.2, -0.15) is 0 Å². The molecular formula is C53H85N13O13. The number of rotatable bonds is 37. The fourth-order valence-corrected chi connectivity index (χ4v) is 8.11. The number of nitrogens with two attached hydrogens (primary N) is 2. The fraction of sp³-hybridized carbons (Fsp3) is 0.623. The molecule has 0 spiro atoms. The molecule has 0 saturated carbocycles. The highest BCUT2D eigenvalue weighted by Crippen LogP contribution is 2.13. The maximum absolute atomic E-state index is 14.4. The zero-order valence-corrected chi connectivity index (χ0v) is 46.6. The summed E-state index contributed by atoms with van der Waals surface area (Å²) in [5.41, 5.74) is 12.7. The Morgan fingerprint density at radius 3 is 1.54 bits per heavy atom. The Labute approximate surface area is 461 Å². The molecular weight excluding hydrogens is 1030 g/mol. The zero-order chi connectivity index (χ0) is 59.4. The molecule has 79 heavy (non-hydrogen) atoms. The molecule has 440 valence electrons. The van der Waals surface area contributed by atoms with Gasteiger partial charge >= 0.3 is 11.9 Å². The van der Waals surface area contributed by atoms with Gasteiger partial charge in [0.05, 0.1) is 25.5 Å². The van der Waals surface area contributed by atoms with Crippen molar-refractivity contribution in [3.05, 3.63) is 54.1 Å². The lowest BCUT2D eigenvalue weighted by Crippen LogP contribution is -2.60. The number of carboxylic acids is 2. The molecule has 2 aromatic rings. The summed E-state index contributed by atoms with van der Waals surface area (Å²) in [6, 6.07) is -1.40. The predicted octanol–water partition coefficient (Wildman–Crippen LogP) is -0.979. The first kappa shape index (κ1) is 67.6. The number of imidazole rings is 1. The Morgan fingerprint density at radius 1 is 0.544 bits per heavy atom. The second kappa shape index (κ2) is 35.1. The Bertz CT molecular complexity index is 2320. The first-order valence-corrected chi connectivity index (χ1v) is 26.8. The number of aromatic amines is 1. The van der Waals surface area contributed by atoms with E-state index in [0.29, 0.717) is 37.1 Å². The molecule has 0 aliphatic heterocycles. The van der Waals surface area contributed by atoms with Crippen molar-refractivity contribution in [2.45, 2.75) is 168 Å². The molecule has 9 amide bonds. The van der Waals surface area contributed by atoms with E-state index in [1.807, 2.05) is 27.7 Å². The van der Waals surface area contributed by atoms with Gasteiger partial charge in [0.2, 0.25) is 53.2 Å². The van der Waals surface area contributed by atoms with E-state index in [2.05, 4.69) is 57.8 Å². The van der Waals surface area contributed by atoms with Crippen molar-refractivity contribution in [2.24, 2.45) is 35.1 Å². The average molecular weight is 1110 g/mol. The van der Waals surface area contributed by atoms with Crippen LogP contribution in [0.4, 0.5) is 0 Å². The lowest BCUT2D eigenvalue weighted by atomic mass is 9.99. The van der Waals surface area contributed by atoms with E-state index in [0.717, 1.165) is 0 Å². The number of carboxylic acid groups (broad SMARTS) is 2. The van der Waals surface area contributed by atoms with Gasteiger partial charge in [-0.3, -0.25) is 47.9 Å². The molecule has 2 rings (SSSR count). The van der Waals surface area contributed by atoms with Crippen LogP contribution >= 0.6 is 0 Å². The molecule has 1 aromatic heterocycles. The number of carbonyl (C=O) groups is 11. The molecule has 0 unspecified atom stereocenters. The summed E-state index contributed by atoms with van der Waals surface area (Å²) >= 11 is 0. The number of nitrogens with one attached hydrogen (secondary N) is 10. The van der Waals surface area contributed by atoms with E-state index < -0.39 is 145 Å². The third-order valence-corrected chi connectivity index (χ3v) is 12.2. The molecule has 0 fully saturated rings. The van der Waals surface area contributed by atoms with Gasteiger partial charge in [0.25, 0.3) is 0 Å². The number of benzene rings is 1. The maximum Gasteiger partial charge on any atom is 0.326 e. The molecule has 0 aliphatic carbocycles. The fourth-order valence-electron chi connectivity index (χ4n) is 8.11. The number of aromatic nitrogens is 2. The van der Waals surface area contributed by atoms with Crippen LogP contribution in [0.25, 0.3) is 0 Å². The van der Waals surface area contributed by atoms with E-state index in [-0.39, 0.29) is 49.9 Å². The van der Waals surface area contributed by atoms with Gasteiger partial charge in [-0.05, 0) is 74.3 Å². The number of hydrogen-bond acceptors (Lipinski definition) is 14. The van der Waals surface area contributed by atoms with Crippen LogP contribution in [-0.4, -0.2) is 153 Å². The molecule has 8 atom stereocenters. The number of carbonyl (C=O) groups excluding carboxylic acids is 9. The third-order valence-electron chi connectivity index (χ3n) is 12.2. The molecule has 0 bridgehead atoms. The molecule has 0 saturated heterocycles. The van der Waals surface area contributed by atoms with Crippen molar-refractivity contribution in [2.75, 3.05) is 19.6 Å². The standard InChI is InChI=1S/C53H85N13O13/c1-29(2)20-37(64-49(74)38(21-30(3)4)63-46(71)35(55)16-12-13-19-54)48(73)58-26-42(67)60-39(23-33-14-10-9-11-15-33)50(75)65-40(24-34-25-56-28-59-34)51(76)66-45(32(7)8)52(77)62-36(17-18-44(69)70)47(72)57-27-43(68)61-41(53(78)79)22-31(5)6/h9-11,14-15,25,28-32,35-41,45H,12-13,16-24,26-27,54-55H2,1-8H3,(H,56,59)(H,57,72)(H,58,73)(H,60,67)(H,61,68)(H,62,77)(H,63,71)(H,64,74)(H,65,75)(H,66,76)(H,69,70)(H,78,79)/t35-,36-,37-,38-,39-,40-,41-,45-/m0/s1. The predicted molar refractivity (Wildman–Crippen MR) is 291 cm³/mol. The van der Waals surface area contributed by atoms with E-state index in [1.165, 1.54) is 12.5 Å². The van der Waals surface area contributed by atoms with Gasteiger partial charge in [-0.1, -0.05) is 92.1 Å². The van der Waals surface area contributed by atoms with Crippen LogP contribution in [0.15, 0.2) is 42.9 Å². The van der Waals surface area contributed by atoms with Crippen LogP contribution in [0.5, 0.6) is 0 Å². The van der Waals surface area contributed by atoms with Crippen LogP contribution in [0.1, 0.15) is 118 Å². The summed E-state index contributed by atoms with van der Waals surface area (Å²) in [4.78, 5) is 153. The van der Waals surface area contributed by atoms with Crippen LogP contribution in [0, 0.1) is 23.7 Å². The minimum Gasteiger partial charge on any atom is -0.481 e. The highest BCUT2D eigenvalue weighted by Gasteiger charge is 2.35. The van der Waals surface area contributed by atoms with Crippen LogP contribution < -0.4 is 59.3 Å². The largest absolute Gasteiger partial charge is 0.481 e. The van der Waals surface area contributed by atoms with Crippen molar-refractivity contribution in [1.29, 1.82) is 0 Å². The van der Waals surface area contributed by atoms with Gasteiger partial charge in [-0.15, -0.1) is 0 Å². The van der Waals surface area contributed by atoms with Crippen molar-refractivity contribution in [3.63, 3.8) is 0 Å². The monoisotopic (exact) mass is 1110 g/mol. The van der Waals surface area contributed by atoms with Gasteiger partial charge in [0.1, 0.15) is 42.3 Å². The molecule has 1 aromatic carbocycles. The van der Waals surface area contributed by atoms with Crippen LogP contribution in [0.3, 0.4) is 0 Å². The maximum atomic E-state index is 14.4. The summed E-state index contributed by atoms with van der Waals surface area (Å²) in [5.74, 6) is -10.6. The van der Waals surface area contributed by atoms with Gasteiger partial charge < -0.3 is 74.5 Å². The topological polar surface area (TPSA) is 417 Å². The van der Waals surface area contributed by atoms with Gasteiger partial charge in [0, 0.05) is 31.2 Å². The van der Waals surface area contributed by atoms with E-state index in [1.54, 1.807) is 58.0 Å². The SMILES string of the molecule is CC(C)C[C@H](NC(=O)CNC(=O)[C@H](CCC(=O)O)NC(=O)[C@@H](NC(=O)[C@H](Cc1cnc[nH]1)NC(=O)[C@H](Cc1ccccc1)NC(=O)CNC(=O)[C@H](CC(C)C)NC(=O)[C@H](CC(C)C)NC(=O)[C@@H](N)CCCCN)C(C)C)C(=O)O. The minimum atomic E-state index is -1.53. The lowest BCUT2D eigenvalue weighted by Gasteiger charge is -2.28. The number of unbranched alkanes of at least 4 members (excludes halogenated alkanes) is 1. The summed E-state index contributed by atoms with van der Waals surface area (Å²) in [7, 11) is 0. The number of hydrogen-bond donors (Lipinski definition) is 14. The average Bonchev–Trinajstić information content (AvgIpc) is 3.90. The number of H-pyrrole nitrogens is 1. The van der Waals surface area contributed by atoms with E-state index in [4.69, 9.17) is 11.5 Å². The first-order valence-electron chi connectivity index (χ1n) is 26.8. The lowest BCUT2D eigenvalue weighted by molar-refractivity contribution is -0.142. The molecule has 1 heterocycles. The Morgan fingerprint density at radius 2 is 1.03 bits per heavy atom. The molecule has 0 radical (unpaired) electrons. The van der Waals surface area contributed by atoms with Gasteiger partial charge in [-0.25, -0.2) is 9.78 Å². The van der Waals surface area contributed by atoms with Crippen molar-refractivity contribution in [3.8, 4) is 0 Å². The first-order chi connectivity index (χ1) is 37.2. The number of nitrogens with zero attached hydrogens (tertiary/aromatic N) is 1. The Balaban J connectivity index is 2.34. The van der Waals surface area contributed by atoms with Crippen molar-refractivity contribution >= 4 is 65.1 Å².